The Morgan fingerprint density at radius 3 is 2.35 bits per heavy atom. The number of hydrogen-bond donors (Lipinski definition) is 3. The van der Waals surface area contributed by atoms with E-state index >= 15 is 0 Å². The molecule has 4 aromatic rings. The number of carbonyl (C=O) groups is 1. The fourth-order valence-electron chi connectivity index (χ4n) is 5.79. The van der Waals surface area contributed by atoms with E-state index < -0.39 is 28.2 Å². The number of imidazole rings is 1. The summed E-state index contributed by atoms with van der Waals surface area (Å²) in [5, 5.41) is 6.32. The van der Waals surface area contributed by atoms with Gasteiger partial charge in [0.05, 0.1) is 35.7 Å². The van der Waals surface area contributed by atoms with Gasteiger partial charge in [-0.3, -0.25) is 9.36 Å². The predicted octanol–water partition coefficient (Wildman–Crippen LogP) is 3.72. The maximum Gasteiger partial charge on any atom is 0.296 e. The van der Waals surface area contributed by atoms with Gasteiger partial charge in [-0.2, -0.15) is 9.97 Å². The number of sulfonamides is 1. The first-order chi connectivity index (χ1) is 22.2. The lowest BCUT2D eigenvalue weighted by atomic mass is 9.91. The van der Waals surface area contributed by atoms with Crippen LogP contribution in [0.1, 0.15) is 43.5 Å². The molecular formula is C31H36F2N8O4S. The van der Waals surface area contributed by atoms with E-state index in [1.165, 1.54) is 16.7 Å². The van der Waals surface area contributed by atoms with Gasteiger partial charge in [0.25, 0.3) is 6.43 Å². The summed E-state index contributed by atoms with van der Waals surface area (Å²) < 4.78 is 62.7. The SMILES string of the molecule is Cc1ccc(S(=O)(=O)NCC(=O)NC2CCC(Nc3nc(N4CCOCC4)cc(-n4c(C(F)F)nc5ccccc54)n3)CC2)cc1. The smallest absolute Gasteiger partial charge is 0.296 e. The van der Waals surface area contributed by atoms with Crippen LogP contribution in [0.4, 0.5) is 20.5 Å². The molecule has 1 amide bonds. The number of ether oxygens (including phenoxy) is 1. The highest BCUT2D eigenvalue weighted by Gasteiger charge is 2.26. The summed E-state index contributed by atoms with van der Waals surface area (Å²) in [6.45, 7) is 3.78. The number of halogens is 2. The van der Waals surface area contributed by atoms with Crippen molar-refractivity contribution >= 4 is 38.7 Å². The minimum Gasteiger partial charge on any atom is -0.378 e. The third-order valence-corrected chi connectivity index (χ3v) is 9.64. The van der Waals surface area contributed by atoms with Crippen molar-refractivity contribution in [3.05, 3.63) is 66.0 Å². The van der Waals surface area contributed by atoms with Gasteiger partial charge >= 0.3 is 0 Å². The highest BCUT2D eigenvalue weighted by molar-refractivity contribution is 7.89. The lowest BCUT2D eigenvalue weighted by Crippen LogP contribution is -2.44. The molecule has 0 bridgehead atoms. The van der Waals surface area contributed by atoms with Gasteiger partial charge in [-0.1, -0.05) is 29.8 Å². The van der Waals surface area contributed by atoms with Crippen molar-refractivity contribution in [2.75, 3.05) is 43.1 Å². The van der Waals surface area contributed by atoms with Crippen LogP contribution >= 0.6 is 0 Å². The molecule has 0 radical (unpaired) electrons. The number of aryl methyl sites for hydroxylation is 1. The Kier molecular flexibility index (Phi) is 9.42. The Hall–Kier alpha value is -4.21. The predicted molar refractivity (Wildman–Crippen MR) is 169 cm³/mol. The number of alkyl halides is 2. The van der Waals surface area contributed by atoms with Gasteiger partial charge in [0.15, 0.2) is 5.82 Å². The lowest BCUT2D eigenvalue weighted by Gasteiger charge is -2.31. The first-order valence-corrected chi connectivity index (χ1v) is 16.7. The normalized spacial score (nSPS) is 19.0. The maximum atomic E-state index is 14.2. The zero-order chi connectivity index (χ0) is 32.3. The van der Waals surface area contributed by atoms with Crippen LogP contribution in [0, 0.1) is 6.92 Å². The molecule has 1 saturated carbocycles. The number of para-hydroxylation sites is 2. The molecule has 2 aromatic heterocycles. The van der Waals surface area contributed by atoms with Gasteiger partial charge in [-0.05, 0) is 56.9 Å². The Morgan fingerprint density at radius 1 is 0.957 bits per heavy atom. The molecule has 12 nitrogen and oxygen atoms in total. The average molecular weight is 655 g/mol. The second kappa shape index (κ2) is 13.6. The van der Waals surface area contributed by atoms with Crippen LogP contribution in [0.25, 0.3) is 16.9 Å². The second-order valence-electron chi connectivity index (χ2n) is 11.5. The standard InChI is InChI=1S/C31H36F2N8O4S/c1-20-6-12-23(13-7-20)46(43,44)34-19-28(42)35-21-8-10-22(11-9-21)36-31-38-26(40-14-16-45-17-15-40)18-27(39-31)41-25-5-3-2-4-24(25)37-30(41)29(32)33/h2-7,12-13,18,21-22,29,34H,8-11,14-17,19H2,1H3,(H,35,42)(H,36,38,39). The molecule has 0 atom stereocenters. The minimum absolute atomic E-state index is 0.0184. The van der Waals surface area contributed by atoms with Crippen LogP contribution in [0.15, 0.2) is 59.5 Å². The Morgan fingerprint density at radius 2 is 1.63 bits per heavy atom. The fraction of sp³-hybridized carbons (Fsp3) is 0.419. The Balaban J connectivity index is 1.13. The summed E-state index contributed by atoms with van der Waals surface area (Å²) in [4.78, 5) is 28.3. The largest absolute Gasteiger partial charge is 0.378 e. The summed E-state index contributed by atoms with van der Waals surface area (Å²) >= 11 is 0. The van der Waals surface area contributed by atoms with E-state index in [1.807, 2.05) is 11.8 Å². The van der Waals surface area contributed by atoms with E-state index in [-0.39, 0.29) is 29.3 Å². The molecule has 2 fully saturated rings. The molecule has 244 valence electrons. The number of aromatic nitrogens is 4. The molecule has 1 aliphatic heterocycles. The van der Waals surface area contributed by atoms with Crippen LogP contribution in [0.3, 0.4) is 0 Å². The van der Waals surface area contributed by atoms with Gasteiger partial charge in [-0.25, -0.2) is 26.9 Å². The molecule has 2 aromatic carbocycles. The van der Waals surface area contributed by atoms with Gasteiger partial charge in [0.2, 0.25) is 21.9 Å². The molecule has 2 aliphatic rings. The number of fused-ring (bicyclic) bond motifs is 1. The number of nitrogens with zero attached hydrogens (tertiary/aromatic N) is 5. The van der Waals surface area contributed by atoms with Crippen molar-refractivity contribution in [3.8, 4) is 5.82 Å². The molecule has 0 unspecified atom stereocenters. The Bertz CT molecular complexity index is 1790. The maximum absolute atomic E-state index is 14.2. The van der Waals surface area contributed by atoms with Crippen molar-refractivity contribution in [1.82, 2.24) is 29.6 Å². The summed E-state index contributed by atoms with van der Waals surface area (Å²) in [7, 11) is -3.80. The summed E-state index contributed by atoms with van der Waals surface area (Å²) in [6, 6.07) is 14.9. The van der Waals surface area contributed by atoms with E-state index in [0.717, 1.165) is 5.56 Å². The number of rotatable bonds is 10. The van der Waals surface area contributed by atoms with E-state index in [4.69, 9.17) is 9.72 Å². The fourth-order valence-corrected chi connectivity index (χ4v) is 6.77. The van der Waals surface area contributed by atoms with E-state index in [1.54, 1.807) is 42.5 Å². The number of nitrogens with one attached hydrogen (secondary N) is 3. The molecule has 15 heteroatoms. The van der Waals surface area contributed by atoms with E-state index in [2.05, 4.69) is 25.3 Å². The zero-order valence-electron chi connectivity index (χ0n) is 25.3. The van der Waals surface area contributed by atoms with Crippen molar-refractivity contribution in [2.24, 2.45) is 0 Å². The molecular weight excluding hydrogens is 618 g/mol. The summed E-state index contributed by atoms with van der Waals surface area (Å²) in [5.41, 5.74) is 1.90. The lowest BCUT2D eigenvalue weighted by molar-refractivity contribution is -0.120. The number of morpholine rings is 1. The number of carbonyl (C=O) groups excluding carboxylic acids is 1. The van der Waals surface area contributed by atoms with Crippen LogP contribution in [0.2, 0.25) is 0 Å². The monoisotopic (exact) mass is 654 g/mol. The number of benzene rings is 2. The van der Waals surface area contributed by atoms with Crippen LogP contribution in [-0.4, -0.2) is 78.8 Å². The molecule has 46 heavy (non-hydrogen) atoms. The highest BCUT2D eigenvalue weighted by atomic mass is 32.2. The van der Waals surface area contributed by atoms with Crippen LogP contribution in [-0.2, 0) is 19.6 Å². The first-order valence-electron chi connectivity index (χ1n) is 15.3. The second-order valence-corrected chi connectivity index (χ2v) is 13.3. The van der Waals surface area contributed by atoms with Gasteiger partial charge in [0, 0.05) is 31.2 Å². The molecule has 0 spiro atoms. The number of anilines is 2. The topological polar surface area (TPSA) is 143 Å². The van der Waals surface area contributed by atoms with E-state index in [0.29, 0.717) is 74.8 Å². The van der Waals surface area contributed by atoms with Gasteiger partial charge < -0.3 is 20.3 Å². The molecule has 3 heterocycles. The molecule has 3 N–H and O–H groups in total. The van der Waals surface area contributed by atoms with Gasteiger partial charge in [-0.15, -0.1) is 0 Å². The van der Waals surface area contributed by atoms with Crippen molar-refractivity contribution in [1.29, 1.82) is 0 Å². The molecule has 6 rings (SSSR count). The molecule has 1 aliphatic carbocycles. The van der Waals surface area contributed by atoms with E-state index in [9.17, 15) is 22.0 Å². The van der Waals surface area contributed by atoms with Crippen molar-refractivity contribution < 1.29 is 26.7 Å². The Labute approximate surface area is 265 Å². The highest BCUT2D eigenvalue weighted by Crippen LogP contribution is 2.30. The van der Waals surface area contributed by atoms with Crippen molar-refractivity contribution in [3.63, 3.8) is 0 Å². The zero-order valence-corrected chi connectivity index (χ0v) is 26.1. The number of hydrogen-bond acceptors (Lipinski definition) is 9. The average Bonchev–Trinajstić information content (AvgIpc) is 3.46. The molecule has 1 saturated heterocycles. The summed E-state index contributed by atoms with van der Waals surface area (Å²) in [5.74, 6) is 0.409. The third kappa shape index (κ3) is 7.26. The van der Waals surface area contributed by atoms with Crippen LogP contribution in [0.5, 0.6) is 0 Å². The quantitative estimate of drug-likeness (QED) is 0.233. The van der Waals surface area contributed by atoms with Crippen molar-refractivity contribution in [2.45, 2.75) is 56.0 Å². The number of amides is 1. The first kappa shape index (κ1) is 31.8. The summed E-state index contributed by atoms with van der Waals surface area (Å²) in [6.07, 6.45) is -0.111. The van der Waals surface area contributed by atoms with Crippen LogP contribution < -0.4 is 20.3 Å². The minimum atomic E-state index is -3.80. The van der Waals surface area contributed by atoms with Gasteiger partial charge in [0.1, 0.15) is 11.6 Å². The third-order valence-electron chi connectivity index (χ3n) is 8.22.